The number of halogens is 1. The van der Waals surface area contributed by atoms with Gasteiger partial charge in [-0.25, -0.2) is 8.42 Å². The highest BCUT2D eigenvalue weighted by Crippen LogP contribution is 2.15. The summed E-state index contributed by atoms with van der Waals surface area (Å²) in [4.78, 5) is 21.4. The maximum atomic E-state index is 11.9. The Morgan fingerprint density at radius 2 is 1.84 bits per heavy atom. The van der Waals surface area contributed by atoms with Crippen molar-refractivity contribution in [2.75, 3.05) is 0 Å². The van der Waals surface area contributed by atoms with Gasteiger partial charge in [0.25, 0.3) is 0 Å². The van der Waals surface area contributed by atoms with Crippen LogP contribution in [0.15, 0.2) is 33.6 Å². The molecule has 4 N–H and O–H groups in total. The summed E-state index contributed by atoms with van der Waals surface area (Å²) in [7, 11) is -4.03. The molecule has 9 heteroatoms. The molecule has 0 saturated carbocycles. The molecule has 0 aliphatic carbocycles. The second-order valence-corrected chi connectivity index (χ2v) is 6.27. The summed E-state index contributed by atoms with van der Waals surface area (Å²) in [5.74, 6) is -2.38. The lowest BCUT2D eigenvalue weighted by molar-refractivity contribution is -0.140. The minimum Gasteiger partial charge on any atom is -0.480 e. The number of benzene rings is 1. The third-order valence-electron chi connectivity index (χ3n) is 2.12. The Bertz CT molecular complexity index is 584. The highest BCUT2D eigenvalue weighted by atomic mass is 79.9. The molecule has 0 spiro atoms. The zero-order valence-electron chi connectivity index (χ0n) is 9.54. The zero-order valence-corrected chi connectivity index (χ0v) is 11.9. The van der Waals surface area contributed by atoms with Gasteiger partial charge in [-0.2, -0.15) is 4.72 Å². The van der Waals surface area contributed by atoms with Crippen molar-refractivity contribution in [3.05, 3.63) is 28.7 Å². The Morgan fingerprint density at radius 1 is 1.32 bits per heavy atom. The molecular weight excluding hydrogens is 340 g/mol. The van der Waals surface area contributed by atoms with Crippen molar-refractivity contribution >= 4 is 37.8 Å². The number of carbonyl (C=O) groups is 2. The number of nitrogens with two attached hydrogens (primary N) is 1. The molecule has 0 aliphatic rings. The predicted molar refractivity (Wildman–Crippen MR) is 69.7 cm³/mol. The quantitative estimate of drug-likeness (QED) is 0.668. The fourth-order valence-electron chi connectivity index (χ4n) is 1.25. The molecule has 0 aromatic heterocycles. The SMILES string of the molecule is NC(=O)C[C@H](NS(=O)(=O)c1ccc(Br)cc1)C(=O)O. The molecule has 0 aliphatic heterocycles. The molecule has 104 valence electrons. The number of amides is 1. The predicted octanol–water partition coefficient (Wildman–Crippen LogP) is 0.0560. The molecule has 7 nitrogen and oxygen atoms in total. The molecule has 0 radical (unpaired) electrons. The van der Waals surface area contributed by atoms with E-state index in [1.165, 1.54) is 24.3 Å². The lowest BCUT2D eigenvalue weighted by Gasteiger charge is -2.13. The van der Waals surface area contributed by atoms with Crippen LogP contribution in [0.3, 0.4) is 0 Å². The molecule has 0 saturated heterocycles. The summed E-state index contributed by atoms with van der Waals surface area (Å²) in [6, 6.07) is 4.01. The normalized spacial score (nSPS) is 12.9. The van der Waals surface area contributed by atoms with E-state index >= 15 is 0 Å². The van der Waals surface area contributed by atoms with Crippen LogP contribution in [0.2, 0.25) is 0 Å². The van der Waals surface area contributed by atoms with Crippen molar-refractivity contribution in [2.45, 2.75) is 17.4 Å². The van der Waals surface area contributed by atoms with Gasteiger partial charge in [-0.3, -0.25) is 9.59 Å². The van der Waals surface area contributed by atoms with Crippen molar-refractivity contribution in [1.29, 1.82) is 0 Å². The molecule has 1 atom stereocenters. The van der Waals surface area contributed by atoms with Gasteiger partial charge in [0.15, 0.2) is 0 Å². The van der Waals surface area contributed by atoms with E-state index in [1.807, 2.05) is 4.72 Å². The Hall–Kier alpha value is -1.45. The van der Waals surface area contributed by atoms with E-state index in [1.54, 1.807) is 0 Å². The van der Waals surface area contributed by atoms with E-state index < -0.39 is 34.4 Å². The summed E-state index contributed by atoms with van der Waals surface area (Å²) in [6.45, 7) is 0. The Balaban J connectivity index is 2.97. The minimum atomic E-state index is -4.03. The van der Waals surface area contributed by atoms with Crippen LogP contribution in [0, 0.1) is 0 Å². The van der Waals surface area contributed by atoms with Gasteiger partial charge in [-0.1, -0.05) is 15.9 Å². The van der Waals surface area contributed by atoms with E-state index in [-0.39, 0.29) is 4.90 Å². The highest BCUT2D eigenvalue weighted by Gasteiger charge is 2.26. The van der Waals surface area contributed by atoms with Gasteiger partial charge in [0.05, 0.1) is 11.3 Å². The first-order valence-electron chi connectivity index (χ1n) is 5.01. The number of hydrogen-bond donors (Lipinski definition) is 3. The summed E-state index contributed by atoms with van der Waals surface area (Å²) < 4.78 is 26.4. The first-order chi connectivity index (χ1) is 8.72. The monoisotopic (exact) mass is 350 g/mol. The number of carbonyl (C=O) groups excluding carboxylic acids is 1. The molecule has 1 amide bonds. The molecule has 1 aromatic rings. The largest absolute Gasteiger partial charge is 0.480 e. The first-order valence-corrected chi connectivity index (χ1v) is 7.29. The number of primary amides is 1. The van der Waals surface area contributed by atoms with Crippen LogP contribution >= 0.6 is 15.9 Å². The molecule has 0 fully saturated rings. The summed E-state index contributed by atoms with van der Waals surface area (Å²) in [6.07, 6.45) is -0.620. The van der Waals surface area contributed by atoms with E-state index in [0.29, 0.717) is 4.47 Å². The Kier molecular flexibility index (Phi) is 5.04. The van der Waals surface area contributed by atoms with Gasteiger partial charge >= 0.3 is 5.97 Å². The topological polar surface area (TPSA) is 127 Å². The van der Waals surface area contributed by atoms with Gasteiger partial charge in [0.1, 0.15) is 6.04 Å². The van der Waals surface area contributed by atoms with Crippen LogP contribution in [-0.2, 0) is 19.6 Å². The van der Waals surface area contributed by atoms with Crippen molar-refractivity contribution in [3.63, 3.8) is 0 Å². The highest BCUT2D eigenvalue weighted by molar-refractivity contribution is 9.10. The number of rotatable bonds is 6. The fourth-order valence-corrected chi connectivity index (χ4v) is 2.70. The average molecular weight is 351 g/mol. The molecule has 0 bridgehead atoms. The standard InChI is InChI=1S/C10H11BrN2O5S/c11-6-1-3-7(4-2-6)19(17,18)13-8(10(15)16)5-9(12)14/h1-4,8,13H,5H2,(H2,12,14)(H,15,16)/t8-/m0/s1. The van der Waals surface area contributed by atoms with E-state index in [0.717, 1.165) is 0 Å². The maximum Gasteiger partial charge on any atom is 0.322 e. The Labute approximate surface area is 118 Å². The summed E-state index contributed by atoms with van der Waals surface area (Å²) in [5, 5.41) is 8.83. The molecular formula is C10H11BrN2O5S. The third kappa shape index (κ3) is 4.62. The second kappa shape index (κ2) is 6.13. The van der Waals surface area contributed by atoms with Crippen LogP contribution in [0.25, 0.3) is 0 Å². The minimum absolute atomic E-state index is 0.105. The molecule has 19 heavy (non-hydrogen) atoms. The summed E-state index contributed by atoms with van der Waals surface area (Å²) >= 11 is 3.15. The lowest BCUT2D eigenvalue weighted by atomic mass is 10.2. The molecule has 0 unspecified atom stereocenters. The lowest BCUT2D eigenvalue weighted by Crippen LogP contribution is -2.43. The van der Waals surface area contributed by atoms with Crippen LogP contribution in [-0.4, -0.2) is 31.4 Å². The van der Waals surface area contributed by atoms with Crippen molar-refractivity contribution in [1.82, 2.24) is 4.72 Å². The van der Waals surface area contributed by atoms with Crippen LogP contribution in [0.4, 0.5) is 0 Å². The van der Waals surface area contributed by atoms with Crippen LogP contribution in [0.5, 0.6) is 0 Å². The van der Waals surface area contributed by atoms with Gasteiger partial charge in [0.2, 0.25) is 15.9 Å². The average Bonchev–Trinajstić information content (AvgIpc) is 2.27. The van der Waals surface area contributed by atoms with Crippen molar-refractivity contribution < 1.29 is 23.1 Å². The molecule has 1 rings (SSSR count). The first kappa shape index (κ1) is 15.6. The van der Waals surface area contributed by atoms with Crippen molar-refractivity contribution in [2.24, 2.45) is 5.73 Å². The molecule has 0 heterocycles. The maximum absolute atomic E-state index is 11.9. The van der Waals surface area contributed by atoms with E-state index in [4.69, 9.17) is 10.8 Å². The van der Waals surface area contributed by atoms with Gasteiger partial charge in [-0.15, -0.1) is 0 Å². The zero-order chi connectivity index (χ0) is 14.6. The number of carboxylic acid groups (broad SMARTS) is 1. The summed E-state index contributed by atoms with van der Waals surface area (Å²) in [5.41, 5.74) is 4.87. The smallest absolute Gasteiger partial charge is 0.322 e. The number of aliphatic carboxylic acids is 1. The van der Waals surface area contributed by atoms with Crippen LogP contribution < -0.4 is 10.5 Å². The van der Waals surface area contributed by atoms with E-state index in [9.17, 15) is 18.0 Å². The second-order valence-electron chi connectivity index (χ2n) is 3.64. The van der Waals surface area contributed by atoms with Crippen LogP contribution in [0.1, 0.15) is 6.42 Å². The van der Waals surface area contributed by atoms with E-state index in [2.05, 4.69) is 15.9 Å². The van der Waals surface area contributed by atoms with Gasteiger partial charge < -0.3 is 10.8 Å². The van der Waals surface area contributed by atoms with Gasteiger partial charge in [-0.05, 0) is 24.3 Å². The number of hydrogen-bond acceptors (Lipinski definition) is 4. The van der Waals surface area contributed by atoms with Crippen molar-refractivity contribution in [3.8, 4) is 0 Å². The number of sulfonamides is 1. The number of carboxylic acids is 1. The fraction of sp³-hybridized carbons (Fsp3) is 0.200. The molecule has 1 aromatic carbocycles. The Morgan fingerprint density at radius 3 is 2.26 bits per heavy atom. The third-order valence-corrected chi connectivity index (χ3v) is 4.14. The van der Waals surface area contributed by atoms with Gasteiger partial charge in [0, 0.05) is 4.47 Å². The number of nitrogens with one attached hydrogen (secondary N) is 1.